The molecule has 1 aromatic carbocycles. The summed E-state index contributed by atoms with van der Waals surface area (Å²) in [6.07, 6.45) is -0.408. The van der Waals surface area contributed by atoms with E-state index in [1.807, 2.05) is 48.5 Å². The lowest BCUT2D eigenvalue weighted by Gasteiger charge is -2.32. The molecule has 0 atom stereocenters. The Morgan fingerprint density at radius 2 is 1.73 bits per heavy atom. The topological polar surface area (TPSA) is 48.0 Å². The van der Waals surface area contributed by atoms with Gasteiger partial charge in [-0.3, -0.25) is 4.90 Å². The molecule has 0 radical (unpaired) electrons. The van der Waals surface area contributed by atoms with E-state index in [-0.39, 0.29) is 12.4 Å². The monoisotopic (exact) mass is 363 g/mol. The van der Waals surface area contributed by atoms with Crippen LogP contribution in [0, 0.1) is 5.82 Å². The van der Waals surface area contributed by atoms with E-state index in [0.717, 1.165) is 11.1 Å². The number of fused-ring (bicyclic) bond motifs is 1. The van der Waals surface area contributed by atoms with E-state index in [0.29, 0.717) is 12.0 Å². The molecule has 1 aromatic rings. The highest BCUT2D eigenvalue weighted by Crippen LogP contribution is 2.37. The molecule has 0 unspecified atom stereocenters. The number of hydrogen-bond donors (Lipinski definition) is 0. The van der Waals surface area contributed by atoms with Crippen LogP contribution < -0.4 is 5.46 Å². The fourth-order valence-corrected chi connectivity index (χ4v) is 3.14. The van der Waals surface area contributed by atoms with E-state index in [4.69, 9.17) is 14.0 Å². The highest BCUT2D eigenvalue weighted by Gasteiger charge is 2.53. The van der Waals surface area contributed by atoms with Gasteiger partial charge in [0.15, 0.2) is 0 Å². The Labute approximate surface area is 154 Å². The van der Waals surface area contributed by atoms with Gasteiger partial charge in [-0.05, 0) is 65.7 Å². The number of hydrogen-bond acceptors (Lipinski definition) is 4. The Hall–Kier alpha value is -1.60. The summed E-state index contributed by atoms with van der Waals surface area (Å²) in [5.41, 5.74) is 0.321. The Balaban J connectivity index is 1.89. The SMILES string of the molecule is CC(C)(C)OC(=O)N1Cc2ccc(F)c(B3OC(C)(C)C(C)(C)O3)c2C1. The average molecular weight is 363 g/mol. The minimum atomic E-state index is -0.798. The fourth-order valence-electron chi connectivity index (χ4n) is 3.14. The third-order valence-corrected chi connectivity index (χ3v) is 5.25. The number of carbonyl (C=O) groups is 1. The molecule has 5 nitrogen and oxygen atoms in total. The third kappa shape index (κ3) is 3.34. The highest BCUT2D eigenvalue weighted by molar-refractivity contribution is 6.62. The van der Waals surface area contributed by atoms with E-state index >= 15 is 0 Å². The predicted octanol–water partition coefficient (Wildman–Crippen LogP) is 3.38. The van der Waals surface area contributed by atoms with Crippen LogP contribution in [-0.4, -0.2) is 34.9 Å². The van der Waals surface area contributed by atoms with Crippen LogP contribution in [0.3, 0.4) is 0 Å². The molecule has 2 heterocycles. The van der Waals surface area contributed by atoms with Crippen LogP contribution in [0.1, 0.15) is 59.6 Å². The van der Waals surface area contributed by atoms with Gasteiger partial charge in [0, 0.05) is 18.6 Å². The van der Waals surface area contributed by atoms with Crippen molar-refractivity contribution < 1.29 is 23.2 Å². The quantitative estimate of drug-likeness (QED) is 0.718. The van der Waals surface area contributed by atoms with Crippen LogP contribution in [0.4, 0.5) is 9.18 Å². The zero-order chi connectivity index (χ0) is 19.5. The summed E-state index contributed by atoms with van der Waals surface area (Å²) in [5.74, 6) is -0.381. The summed E-state index contributed by atoms with van der Waals surface area (Å²) >= 11 is 0. The Morgan fingerprint density at radius 3 is 2.27 bits per heavy atom. The maximum Gasteiger partial charge on any atom is 0.498 e. The average Bonchev–Trinajstić information content (AvgIpc) is 2.96. The van der Waals surface area contributed by atoms with Gasteiger partial charge < -0.3 is 14.0 Å². The molecule has 2 aliphatic heterocycles. The van der Waals surface area contributed by atoms with Crippen molar-refractivity contribution in [1.29, 1.82) is 0 Å². The van der Waals surface area contributed by atoms with Gasteiger partial charge in [0.1, 0.15) is 11.4 Å². The number of halogens is 1. The molecule has 2 aliphatic rings. The van der Waals surface area contributed by atoms with Crippen LogP contribution >= 0.6 is 0 Å². The Bertz CT molecular complexity index is 726. The zero-order valence-electron chi connectivity index (χ0n) is 16.6. The van der Waals surface area contributed by atoms with Gasteiger partial charge in [-0.15, -0.1) is 0 Å². The number of benzene rings is 1. The normalized spacial score (nSPS) is 21.1. The minimum absolute atomic E-state index is 0.279. The summed E-state index contributed by atoms with van der Waals surface area (Å²) in [6, 6.07) is 3.13. The van der Waals surface area contributed by atoms with Gasteiger partial charge in [0.2, 0.25) is 0 Å². The third-order valence-electron chi connectivity index (χ3n) is 5.25. The lowest BCUT2D eigenvalue weighted by molar-refractivity contribution is 0.00578. The zero-order valence-corrected chi connectivity index (χ0v) is 16.6. The first-order valence-corrected chi connectivity index (χ1v) is 8.94. The largest absolute Gasteiger partial charge is 0.498 e. The molecular weight excluding hydrogens is 336 g/mol. The van der Waals surface area contributed by atoms with Crippen molar-refractivity contribution in [3.63, 3.8) is 0 Å². The molecule has 0 aromatic heterocycles. The first-order chi connectivity index (χ1) is 11.8. The number of carbonyl (C=O) groups excluding carboxylic acids is 1. The molecule has 3 rings (SSSR count). The Kier molecular flexibility index (Phi) is 4.39. The van der Waals surface area contributed by atoms with E-state index in [9.17, 15) is 9.18 Å². The molecule has 0 N–H and O–H groups in total. The van der Waals surface area contributed by atoms with Crippen molar-refractivity contribution in [3.8, 4) is 0 Å². The highest BCUT2D eigenvalue weighted by atomic mass is 19.1. The molecule has 26 heavy (non-hydrogen) atoms. The van der Waals surface area contributed by atoms with Crippen LogP contribution in [-0.2, 0) is 27.1 Å². The molecule has 1 fully saturated rings. The van der Waals surface area contributed by atoms with E-state index in [1.165, 1.54) is 6.07 Å². The molecule has 1 amide bonds. The smallest absolute Gasteiger partial charge is 0.444 e. The van der Waals surface area contributed by atoms with Crippen LogP contribution in [0.25, 0.3) is 0 Å². The summed E-state index contributed by atoms with van der Waals surface area (Å²) in [5, 5.41) is 0. The molecule has 0 bridgehead atoms. The number of ether oxygens (including phenoxy) is 1. The van der Waals surface area contributed by atoms with Crippen molar-refractivity contribution in [2.24, 2.45) is 0 Å². The summed E-state index contributed by atoms with van der Waals surface area (Å²) in [4.78, 5) is 14.0. The second kappa shape index (κ2) is 5.96. The molecule has 7 heteroatoms. The van der Waals surface area contributed by atoms with Crippen molar-refractivity contribution in [1.82, 2.24) is 4.90 Å². The molecule has 0 aliphatic carbocycles. The van der Waals surface area contributed by atoms with E-state index in [2.05, 4.69) is 0 Å². The van der Waals surface area contributed by atoms with Crippen LogP contribution in [0.2, 0.25) is 0 Å². The van der Waals surface area contributed by atoms with Gasteiger partial charge in [0.05, 0.1) is 11.2 Å². The Morgan fingerprint density at radius 1 is 1.15 bits per heavy atom. The maximum absolute atomic E-state index is 14.7. The molecule has 0 saturated carbocycles. The second-order valence-corrected chi connectivity index (χ2v) is 9.02. The van der Waals surface area contributed by atoms with Crippen molar-refractivity contribution >= 4 is 18.7 Å². The molecular formula is C19H27BFNO4. The van der Waals surface area contributed by atoms with E-state index < -0.39 is 30.0 Å². The molecule has 0 spiro atoms. The first kappa shape index (κ1) is 19.2. The summed E-state index contributed by atoms with van der Waals surface area (Å²) < 4.78 is 32.2. The fraction of sp³-hybridized carbons (Fsp3) is 0.632. The van der Waals surface area contributed by atoms with Crippen molar-refractivity contribution in [2.75, 3.05) is 0 Å². The van der Waals surface area contributed by atoms with Crippen molar-refractivity contribution in [2.45, 2.75) is 78.4 Å². The summed E-state index contributed by atoms with van der Waals surface area (Å²) in [7, 11) is -0.798. The van der Waals surface area contributed by atoms with Crippen LogP contribution in [0.15, 0.2) is 12.1 Å². The minimum Gasteiger partial charge on any atom is -0.444 e. The number of nitrogens with zero attached hydrogens (tertiary/aromatic N) is 1. The molecule has 1 saturated heterocycles. The van der Waals surface area contributed by atoms with Crippen LogP contribution in [0.5, 0.6) is 0 Å². The molecule has 142 valence electrons. The van der Waals surface area contributed by atoms with Gasteiger partial charge in [-0.2, -0.15) is 0 Å². The lowest BCUT2D eigenvalue weighted by Crippen LogP contribution is -2.41. The first-order valence-electron chi connectivity index (χ1n) is 8.94. The number of rotatable bonds is 1. The second-order valence-electron chi connectivity index (χ2n) is 9.02. The standard InChI is InChI=1S/C19H27BFNO4/c1-17(2,3)24-16(23)22-10-12-8-9-14(21)15(13(12)11-22)20-25-18(4,5)19(6,7)26-20/h8-9H,10-11H2,1-7H3. The van der Waals surface area contributed by atoms with Gasteiger partial charge in [0.25, 0.3) is 0 Å². The van der Waals surface area contributed by atoms with Gasteiger partial charge in [-0.25, -0.2) is 9.18 Å². The van der Waals surface area contributed by atoms with Crippen molar-refractivity contribution in [3.05, 3.63) is 29.1 Å². The lowest BCUT2D eigenvalue weighted by atomic mass is 9.74. The van der Waals surface area contributed by atoms with Gasteiger partial charge >= 0.3 is 13.2 Å². The van der Waals surface area contributed by atoms with Gasteiger partial charge in [-0.1, -0.05) is 6.07 Å². The number of amides is 1. The van der Waals surface area contributed by atoms with E-state index in [1.54, 1.807) is 11.0 Å². The predicted molar refractivity (Wildman–Crippen MR) is 97.6 cm³/mol. The summed E-state index contributed by atoms with van der Waals surface area (Å²) in [6.45, 7) is 13.9. The maximum atomic E-state index is 14.7.